The fourth-order valence-corrected chi connectivity index (χ4v) is 3.64. The maximum Gasteiger partial charge on any atom is 0.0965 e. The molecule has 0 spiro atoms. The summed E-state index contributed by atoms with van der Waals surface area (Å²) in [5.74, 6) is 0. The van der Waals surface area contributed by atoms with Crippen molar-refractivity contribution in [2.45, 2.75) is 57.7 Å². The molecule has 0 aromatic carbocycles. The molecule has 1 saturated heterocycles. The van der Waals surface area contributed by atoms with Crippen LogP contribution in [-0.4, -0.2) is 75.3 Å². The summed E-state index contributed by atoms with van der Waals surface area (Å²) in [6.07, 6.45) is 1.86. The molecular formula is C14H30N2O3. The minimum Gasteiger partial charge on any atom is -0.395 e. The minimum absolute atomic E-state index is 0.0622. The number of hydrogen-bond acceptors (Lipinski definition) is 5. The number of rotatable bonds is 6. The molecule has 5 heteroatoms. The zero-order chi connectivity index (χ0) is 14.7. The SMILES string of the molecule is CC1(C)CC(N(CCO)CCO)CC(C)(C)N1CO. The molecule has 0 unspecified atom stereocenters. The largest absolute Gasteiger partial charge is 0.395 e. The summed E-state index contributed by atoms with van der Waals surface area (Å²) in [4.78, 5) is 4.30. The molecule has 0 aliphatic carbocycles. The van der Waals surface area contributed by atoms with Crippen molar-refractivity contribution in [2.75, 3.05) is 33.0 Å². The van der Waals surface area contributed by atoms with Gasteiger partial charge in [-0.15, -0.1) is 0 Å². The van der Waals surface area contributed by atoms with Gasteiger partial charge in [0.2, 0.25) is 0 Å². The van der Waals surface area contributed by atoms with E-state index in [1.807, 2.05) is 0 Å². The van der Waals surface area contributed by atoms with E-state index in [9.17, 15) is 15.3 Å². The van der Waals surface area contributed by atoms with Crippen molar-refractivity contribution in [3.05, 3.63) is 0 Å². The number of aliphatic hydroxyl groups excluding tert-OH is 3. The van der Waals surface area contributed by atoms with Gasteiger partial charge in [0.25, 0.3) is 0 Å². The van der Waals surface area contributed by atoms with Gasteiger partial charge in [-0.3, -0.25) is 9.80 Å². The molecule has 0 atom stereocenters. The number of hydrogen-bond donors (Lipinski definition) is 3. The highest BCUT2D eigenvalue weighted by Crippen LogP contribution is 2.39. The molecule has 3 N–H and O–H groups in total. The minimum atomic E-state index is -0.0929. The molecule has 0 bridgehead atoms. The van der Waals surface area contributed by atoms with Gasteiger partial charge in [-0.2, -0.15) is 0 Å². The first-order valence-corrected chi connectivity index (χ1v) is 7.13. The van der Waals surface area contributed by atoms with E-state index in [0.717, 1.165) is 12.8 Å². The summed E-state index contributed by atoms with van der Waals surface area (Å²) in [5, 5.41) is 28.0. The Morgan fingerprint density at radius 3 is 1.68 bits per heavy atom. The van der Waals surface area contributed by atoms with E-state index < -0.39 is 0 Å². The summed E-state index contributed by atoms with van der Waals surface area (Å²) in [6.45, 7) is 10.1. The molecule has 0 aromatic rings. The predicted octanol–water partition coefficient (Wildman–Crippen LogP) is 0.244. The van der Waals surface area contributed by atoms with Crippen molar-refractivity contribution in [2.24, 2.45) is 0 Å². The van der Waals surface area contributed by atoms with Gasteiger partial charge in [0.15, 0.2) is 0 Å². The van der Waals surface area contributed by atoms with Crippen molar-refractivity contribution >= 4 is 0 Å². The van der Waals surface area contributed by atoms with E-state index in [1.54, 1.807) is 0 Å². The van der Waals surface area contributed by atoms with Crippen LogP contribution in [0.25, 0.3) is 0 Å². The van der Waals surface area contributed by atoms with Crippen LogP contribution in [0.5, 0.6) is 0 Å². The van der Waals surface area contributed by atoms with Crippen molar-refractivity contribution in [3.8, 4) is 0 Å². The Balaban J connectivity index is 2.88. The van der Waals surface area contributed by atoms with Gasteiger partial charge in [-0.1, -0.05) is 0 Å². The molecule has 0 aromatic heterocycles. The molecular weight excluding hydrogens is 244 g/mol. The first kappa shape index (κ1) is 16.9. The predicted molar refractivity (Wildman–Crippen MR) is 75.8 cm³/mol. The standard InChI is InChI=1S/C14H30N2O3/c1-13(2)9-12(15(5-7-17)6-8-18)10-14(3,4)16(13)11-19/h12,17-19H,5-11H2,1-4H3. The third-order valence-corrected chi connectivity index (χ3v) is 4.36. The Hall–Kier alpha value is -0.200. The molecule has 19 heavy (non-hydrogen) atoms. The number of piperidine rings is 1. The van der Waals surface area contributed by atoms with Crippen molar-refractivity contribution in [1.82, 2.24) is 9.80 Å². The number of aliphatic hydroxyl groups is 3. The van der Waals surface area contributed by atoms with Crippen LogP contribution in [0.2, 0.25) is 0 Å². The Bertz CT molecular complexity index is 258. The normalized spacial score (nSPS) is 24.0. The molecule has 0 radical (unpaired) electrons. The lowest BCUT2D eigenvalue weighted by Crippen LogP contribution is -2.64. The van der Waals surface area contributed by atoms with E-state index >= 15 is 0 Å². The molecule has 0 saturated carbocycles. The highest BCUT2D eigenvalue weighted by Gasteiger charge is 2.46. The maximum absolute atomic E-state index is 9.63. The molecule has 1 aliphatic rings. The maximum atomic E-state index is 9.63. The van der Waals surface area contributed by atoms with E-state index in [4.69, 9.17) is 0 Å². The van der Waals surface area contributed by atoms with Gasteiger partial charge >= 0.3 is 0 Å². The van der Waals surface area contributed by atoms with E-state index in [1.165, 1.54) is 0 Å². The lowest BCUT2D eigenvalue weighted by molar-refractivity contribution is -0.108. The van der Waals surface area contributed by atoms with Gasteiger partial charge in [-0.25, -0.2) is 0 Å². The second kappa shape index (κ2) is 6.50. The zero-order valence-corrected chi connectivity index (χ0v) is 12.8. The van der Waals surface area contributed by atoms with E-state index in [2.05, 4.69) is 37.5 Å². The number of nitrogens with zero attached hydrogens (tertiary/aromatic N) is 2. The lowest BCUT2D eigenvalue weighted by Gasteiger charge is -2.56. The van der Waals surface area contributed by atoms with Gasteiger partial charge in [0.05, 0.1) is 19.9 Å². The third-order valence-electron chi connectivity index (χ3n) is 4.36. The molecule has 1 aliphatic heterocycles. The fourth-order valence-electron chi connectivity index (χ4n) is 3.64. The van der Waals surface area contributed by atoms with Crippen LogP contribution in [0.4, 0.5) is 0 Å². The highest BCUT2D eigenvalue weighted by molar-refractivity contribution is 5.01. The monoisotopic (exact) mass is 274 g/mol. The second-order valence-electron chi connectivity index (χ2n) is 6.74. The lowest BCUT2D eigenvalue weighted by atomic mass is 9.76. The smallest absolute Gasteiger partial charge is 0.0965 e. The molecule has 1 fully saturated rings. The Morgan fingerprint density at radius 1 is 0.947 bits per heavy atom. The summed E-state index contributed by atoms with van der Waals surface area (Å²) >= 11 is 0. The Morgan fingerprint density at radius 2 is 1.37 bits per heavy atom. The fraction of sp³-hybridized carbons (Fsp3) is 1.00. The second-order valence-corrected chi connectivity index (χ2v) is 6.74. The Labute approximate surface area is 116 Å². The van der Waals surface area contributed by atoms with Crippen LogP contribution in [0.15, 0.2) is 0 Å². The number of likely N-dealkylation sites (tertiary alicyclic amines) is 1. The zero-order valence-electron chi connectivity index (χ0n) is 12.8. The summed E-state index contributed by atoms with van der Waals surface area (Å²) in [5.41, 5.74) is -0.186. The molecule has 0 amide bonds. The topological polar surface area (TPSA) is 67.2 Å². The van der Waals surface area contributed by atoms with Crippen LogP contribution < -0.4 is 0 Å². The molecule has 1 heterocycles. The van der Waals surface area contributed by atoms with Gasteiger partial charge in [0, 0.05) is 30.2 Å². The summed E-state index contributed by atoms with van der Waals surface area (Å²) in [7, 11) is 0. The van der Waals surface area contributed by atoms with Gasteiger partial charge < -0.3 is 15.3 Å². The summed E-state index contributed by atoms with van der Waals surface area (Å²) < 4.78 is 0. The first-order valence-electron chi connectivity index (χ1n) is 7.13. The highest BCUT2D eigenvalue weighted by atomic mass is 16.3. The molecule has 1 rings (SSSR count). The first-order chi connectivity index (χ1) is 8.78. The van der Waals surface area contributed by atoms with Gasteiger partial charge in [-0.05, 0) is 40.5 Å². The van der Waals surface area contributed by atoms with Crippen molar-refractivity contribution in [3.63, 3.8) is 0 Å². The van der Waals surface area contributed by atoms with E-state index in [-0.39, 0.29) is 31.0 Å². The van der Waals surface area contributed by atoms with Crippen LogP contribution in [0, 0.1) is 0 Å². The summed E-state index contributed by atoms with van der Waals surface area (Å²) in [6, 6.07) is 0.326. The van der Waals surface area contributed by atoms with Crippen LogP contribution in [0.1, 0.15) is 40.5 Å². The van der Waals surface area contributed by atoms with Crippen LogP contribution >= 0.6 is 0 Å². The third kappa shape index (κ3) is 3.89. The van der Waals surface area contributed by atoms with Crippen molar-refractivity contribution in [1.29, 1.82) is 0 Å². The Kier molecular flexibility index (Phi) is 5.77. The average Bonchev–Trinajstić information content (AvgIpc) is 2.26. The van der Waals surface area contributed by atoms with E-state index in [0.29, 0.717) is 19.1 Å². The van der Waals surface area contributed by atoms with Gasteiger partial charge in [0.1, 0.15) is 0 Å². The average molecular weight is 274 g/mol. The van der Waals surface area contributed by atoms with Crippen LogP contribution in [0.3, 0.4) is 0 Å². The van der Waals surface area contributed by atoms with Crippen molar-refractivity contribution < 1.29 is 15.3 Å². The molecule has 5 nitrogen and oxygen atoms in total. The quantitative estimate of drug-likeness (QED) is 0.648. The molecule has 114 valence electrons. The van der Waals surface area contributed by atoms with Crippen LogP contribution in [-0.2, 0) is 0 Å².